The lowest BCUT2D eigenvalue weighted by Crippen LogP contribution is -2.45. The quantitative estimate of drug-likeness (QED) is 0.734. The first kappa shape index (κ1) is 14.9. The summed E-state index contributed by atoms with van der Waals surface area (Å²) in [7, 11) is 0. The van der Waals surface area contributed by atoms with Crippen LogP contribution < -0.4 is 0 Å². The average molecular weight is 391 g/mol. The summed E-state index contributed by atoms with van der Waals surface area (Å²) in [4.78, 5) is 14.3. The molecule has 2 atom stereocenters. The van der Waals surface area contributed by atoms with E-state index in [1.807, 2.05) is 30.3 Å². The first-order valence-corrected chi connectivity index (χ1v) is 8.40. The Morgan fingerprint density at radius 3 is 2.79 bits per heavy atom. The van der Waals surface area contributed by atoms with Crippen LogP contribution in [0, 0.1) is 5.92 Å². The van der Waals surface area contributed by atoms with E-state index in [2.05, 4.69) is 31.9 Å². The van der Waals surface area contributed by atoms with Crippen molar-refractivity contribution in [1.82, 2.24) is 4.90 Å². The van der Waals surface area contributed by atoms with E-state index in [-0.39, 0.29) is 6.09 Å². The first-order valence-electron chi connectivity index (χ1n) is 6.36. The molecular weight excluding hydrogens is 374 g/mol. The minimum atomic E-state index is -0.214. The van der Waals surface area contributed by atoms with Crippen molar-refractivity contribution in [1.29, 1.82) is 0 Å². The van der Waals surface area contributed by atoms with Crippen molar-refractivity contribution >= 4 is 38.0 Å². The number of likely N-dealkylation sites (tertiary alicyclic amines) is 1. The summed E-state index contributed by atoms with van der Waals surface area (Å²) < 4.78 is 5.35. The molecule has 0 aromatic heterocycles. The highest BCUT2D eigenvalue weighted by molar-refractivity contribution is 9.10. The van der Waals surface area contributed by atoms with Crippen LogP contribution in [0.3, 0.4) is 0 Å². The van der Waals surface area contributed by atoms with Gasteiger partial charge in [-0.05, 0) is 17.9 Å². The van der Waals surface area contributed by atoms with Crippen LogP contribution in [0.1, 0.15) is 12.0 Å². The van der Waals surface area contributed by atoms with E-state index in [4.69, 9.17) is 4.74 Å². The van der Waals surface area contributed by atoms with E-state index in [1.54, 1.807) is 4.90 Å². The van der Waals surface area contributed by atoms with Crippen LogP contribution in [0.2, 0.25) is 0 Å². The number of rotatable bonds is 3. The second kappa shape index (κ2) is 7.29. The van der Waals surface area contributed by atoms with Crippen LogP contribution in [0.5, 0.6) is 0 Å². The zero-order valence-corrected chi connectivity index (χ0v) is 13.8. The third kappa shape index (κ3) is 4.21. The second-order valence-corrected chi connectivity index (χ2v) is 6.53. The molecule has 0 aliphatic carbocycles. The SMILES string of the molecule is O=C(OCc1ccccc1)N1CCC(Br)C(CBr)C1. The monoisotopic (exact) mass is 389 g/mol. The molecule has 1 aliphatic heterocycles. The molecule has 1 aliphatic rings. The summed E-state index contributed by atoms with van der Waals surface area (Å²) in [6.07, 6.45) is 0.755. The van der Waals surface area contributed by atoms with Crippen LogP contribution in [0.4, 0.5) is 4.79 Å². The highest BCUT2D eigenvalue weighted by Gasteiger charge is 2.29. The number of hydrogen-bond acceptors (Lipinski definition) is 2. The summed E-state index contributed by atoms with van der Waals surface area (Å²) in [6.45, 7) is 1.84. The van der Waals surface area contributed by atoms with Crippen LogP contribution in [-0.4, -0.2) is 34.2 Å². The Kier molecular flexibility index (Phi) is 5.70. The molecule has 1 aromatic rings. The molecule has 1 heterocycles. The maximum atomic E-state index is 12.0. The van der Waals surface area contributed by atoms with Gasteiger partial charge in [0.1, 0.15) is 6.61 Å². The van der Waals surface area contributed by atoms with Gasteiger partial charge in [0, 0.05) is 23.2 Å². The van der Waals surface area contributed by atoms with Gasteiger partial charge in [-0.25, -0.2) is 4.79 Å². The van der Waals surface area contributed by atoms with Crippen molar-refractivity contribution in [2.45, 2.75) is 17.9 Å². The molecule has 0 saturated carbocycles. The summed E-state index contributed by atoms with van der Waals surface area (Å²) in [5, 5.41) is 0.894. The molecule has 0 N–H and O–H groups in total. The lowest BCUT2D eigenvalue weighted by Gasteiger charge is -2.34. The predicted molar refractivity (Wildman–Crippen MR) is 82.8 cm³/mol. The molecule has 1 amide bonds. The Morgan fingerprint density at radius 2 is 2.11 bits per heavy atom. The summed E-state index contributed by atoms with van der Waals surface area (Å²) >= 11 is 7.15. The van der Waals surface area contributed by atoms with Gasteiger partial charge in [0.25, 0.3) is 0 Å². The number of halogens is 2. The normalized spacial score (nSPS) is 23.2. The molecule has 1 aromatic carbocycles. The van der Waals surface area contributed by atoms with Crippen LogP contribution in [0.25, 0.3) is 0 Å². The van der Waals surface area contributed by atoms with Crippen molar-refractivity contribution in [3.05, 3.63) is 35.9 Å². The minimum Gasteiger partial charge on any atom is -0.445 e. The third-order valence-electron chi connectivity index (χ3n) is 3.30. The maximum Gasteiger partial charge on any atom is 0.410 e. The third-order valence-corrected chi connectivity index (χ3v) is 5.34. The van der Waals surface area contributed by atoms with Crippen LogP contribution in [0.15, 0.2) is 30.3 Å². The molecule has 104 valence electrons. The van der Waals surface area contributed by atoms with Gasteiger partial charge in [-0.2, -0.15) is 0 Å². The molecule has 5 heteroatoms. The fourth-order valence-corrected chi connectivity index (χ4v) is 3.84. The lowest BCUT2D eigenvalue weighted by atomic mass is 10.0. The maximum absolute atomic E-state index is 12.0. The van der Waals surface area contributed by atoms with E-state index < -0.39 is 0 Å². The molecule has 19 heavy (non-hydrogen) atoms. The zero-order valence-electron chi connectivity index (χ0n) is 10.6. The first-order chi connectivity index (χ1) is 9.20. The standard InChI is InChI=1S/C14H17Br2NO2/c15-8-12-9-17(7-6-13(12)16)14(18)19-10-11-4-2-1-3-5-11/h1-5,12-13H,6-10H2. The molecule has 2 rings (SSSR count). The number of amides is 1. The summed E-state index contributed by atoms with van der Waals surface area (Å²) in [5.74, 6) is 0.443. The van der Waals surface area contributed by atoms with Gasteiger partial charge in [-0.1, -0.05) is 62.2 Å². The predicted octanol–water partition coefficient (Wildman–Crippen LogP) is 3.80. The van der Waals surface area contributed by atoms with Crippen molar-refractivity contribution < 1.29 is 9.53 Å². The molecule has 0 radical (unpaired) electrons. The summed E-state index contributed by atoms with van der Waals surface area (Å²) in [5.41, 5.74) is 1.02. The number of alkyl halides is 2. The average Bonchev–Trinajstić information content (AvgIpc) is 2.46. The van der Waals surface area contributed by atoms with Crippen molar-refractivity contribution in [2.75, 3.05) is 18.4 Å². The Hall–Kier alpha value is -0.550. The molecule has 0 bridgehead atoms. The Morgan fingerprint density at radius 1 is 1.37 bits per heavy atom. The Bertz CT molecular complexity index is 413. The lowest BCUT2D eigenvalue weighted by molar-refractivity contribution is 0.0830. The molecular formula is C14H17Br2NO2. The number of benzene rings is 1. The Labute approximate surface area is 130 Å². The molecule has 1 fully saturated rings. The topological polar surface area (TPSA) is 29.5 Å². The number of piperidine rings is 1. The number of carbonyl (C=O) groups is 1. The van der Waals surface area contributed by atoms with E-state index in [1.165, 1.54) is 0 Å². The molecule has 3 nitrogen and oxygen atoms in total. The van der Waals surface area contributed by atoms with Gasteiger partial charge in [0.05, 0.1) is 0 Å². The largest absolute Gasteiger partial charge is 0.445 e. The molecule has 1 saturated heterocycles. The second-order valence-electron chi connectivity index (χ2n) is 4.71. The van der Waals surface area contributed by atoms with E-state index in [0.717, 1.165) is 30.4 Å². The number of carbonyl (C=O) groups excluding carboxylic acids is 1. The van der Waals surface area contributed by atoms with Gasteiger partial charge < -0.3 is 9.64 Å². The number of nitrogens with zero attached hydrogens (tertiary/aromatic N) is 1. The van der Waals surface area contributed by atoms with Crippen LogP contribution >= 0.6 is 31.9 Å². The van der Waals surface area contributed by atoms with Gasteiger partial charge in [0.15, 0.2) is 0 Å². The number of ether oxygens (including phenoxy) is 1. The smallest absolute Gasteiger partial charge is 0.410 e. The Balaban J connectivity index is 1.83. The number of hydrogen-bond donors (Lipinski definition) is 0. The van der Waals surface area contributed by atoms with E-state index in [0.29, 0.717) is 17.4 Å². The van der Waals surface area contributed by atoms with Crippen LogP contribution in [-0.2, 0) is 11.3 Å². The van der Waals surface area contributed by atoms with Crippen molar-refractivity contribution in [3.63, 3.8) is 0 Å². The van der Waals surface area contributed by atoms with Gasteiger partial charge in [-0.15, -0.1) is 0 Å². The summed E-state index contributed by atoms with van der Waals surface area (Å²) in [6, 6.07) is 9.76. The van der Waals surface area contributed by atoms with Gasteiger partial charge in [0.2, 0.25) is 0 Å². The van der Waals surface area contributed by atoms with Crippen molar-refractivity contribution in [3.8, 4) is 0 Å². The fourth-order valence-electron chi connectivity index (χ4n) is 2.13. The zero-order chi connectivity index (χ0) is 13.7. The molecule has 2 unspecified atom stereocenters. The highest BCUT2D eigenvalue weighted by Crippen LogP contribution is 2.25. The van der Waals surface area contributed by atoms with Gasteiger partial charge in [-0.3, -0.25) is 0 Å². The van der Waals surface area contributed by atoms with E-state index >= 15 is 0 Å². The van der Waals surface area contributed by atoms with Gasteiger partial charge >= 0.3 is 6.09 Å². The minimum absolute atomic E-state index is 0.214. The fraction of sp³-hybridized carbons (Fsp3) is 0.500. The highest BCUT2D eigenvalue weighted by atomic mass is 79.9. The van der Waals surface area contributed by atoms with E-state index in [9.17, 15) is 4.79 Å². The molecule has 0 spiro atoms. The van der Waals surface area contributed by atoms with Crippen molar-refractivity contribution in [2.24, 2.45) is 5.92 Å².